The van der Waals surface area contributed by atoms with Crippen LogP contribution in [0.4, 0.5) is 5.69 Å². The Labute approximate surface area is 137 Å². The average Bonchev–Trinajstić information content (AvgIpc) is 2.84. The van der Waals surface area contributed by atoms with Crippen molar-refractivity contribution >= 4 is 33.7 Å². The maximum Gasteiger partial charge on any atom is 0.224 e. The fourth-order valence-corrected chi connectivity index (χ4v) is 3.58. The second kappa shape index (κ2) is 8.19. The molecule has 1 N–H and O–H groups in total. The molecule has 22 heavy (non-hydrogen) atoms. The van der Waals surface area contributed by atoms with Gasteiger partial charge in [-0.2, -0.15) is 0 Å². The molecule has 1 heterocycles. The van der Waals surface area contributed by atoms with Gasteiger partial charge in [0.2, 0.25) is 5.91 Å². The molecule has 0 saturated heterocycles. The Balaban J connectivity index is 1.80. The lowest BCUT2D eigenvalue weighted by Crippen LogP contribution is -2.11. The smallest absolute Gasteiger partial charge is 0.224 e. The number of rotatable bonds is 7. The molecule has 0 fully saturated rings. The SMILES string of the molecule is Cc1csc(CCCC(=O)Nc2cccc(CS(C)=O)c2)n1. The van der Waals surface area contributed by atoms with Gasteiger partial charge in [0.1, 0.15) is 0 Å². The first-order valence-corrected chi connectivity index (χ1v) is 9.73. The van der Waals surface area contributed by atoms with Crippen LogP contribution in [0.15, 0.2) is 29.6 Å². The minimum atomic E-state index is -0.880. The minimum Gasteiger partial charge on any atom is -0.326 e. The summed E-state index contributed by atoms with van der Waals surface area (Å²) in [5, 5.41) is 6.00. The van der Waals surface area contributed by atoms with Crippen LogP contribution in [-0.4, -0.2) is 21.4 Å². The molecule has 1 unspecified atom stereocenters. The first-order valence-electron chi connectivity index (χ1n) is 7.13. The summed E-state index contributed by atoms with van der Waals surface area (Å²) in [5.41, 5.74) is 2.77. The molecule has 0 radical (unpaired) electrons. The van der Waals surface area contributed by atoms with Gasteiger partial charge in [0.05, 0.1) is 5.01 Å². The number of benzene rings is 1. The molecule has 1 aromatic heterocycles. The lowest BCUT2D eigenvalue weighted by atomic mass is 10.2. The normalized spacial score (nSPS) is 12.1. The van der Waals surface area contributed by atoms with Crippen molar-refractivity contribution in [3.05, 3.63) is 45.9 Å². The number of aryl methyl sites for hydroxylation is 2. The van der Waals surface area contributed by atoms with E-state index < -0.39 is 10.8 Å². The number of carbonyl (C=O) groups is 1. The molecule has 0 aliphatic rings. The zero-order valence-electron chi connectivity index (χ0n) is 12.8. The summed E-state index contributed by atoms with van der Waals surface area (Å²) in [7, 11) is -0.880. The number of nitrogens with zero attached hydrogens (tertiary/aromatic N) is 1. The van der Waals surface area contributed by atoms with E-state index >= 15 is 0 Å². The van der Waals surface area contributed by atoms with E-state index in [2.05, 4.69) is 10.3 Å². The number of aromatic nitrogens is 1. The third kappa shape index (κ3) is 5.69. The highest BCUT2D eigenvalue weighted by molar-refractivity contribution is 7.83. The zero-order valence-corrected chi connectivity index (χ0v) is 14.4. The van der Waals surface area contributed by atoms with Crippen LogP contribution in [0, 0.1) is 6.92 Å². The molecule has 0 saturated carbocycles. The number of nitrogens with one attached hydrogen (secondary N) is 1. The summed E-state index contributed by atoms with van der Waals surface area (Å²) in [6, 6.07) is 7.52. The molecule has 1 aromatic carbocycles. The second-order valence-corrected chi connectivity index (χ2v) is 7.58. The third-order valence-electron chi connectivity index (χ3n) is 3.04. The summed E-state index contributed by atoms with van der Waals surface area (Å²) in [6.45, 7) is 1.98. The first-order chi connectivity index (χ1) is 10.5. The molecule has 1 amide bonds. The highest BCUT2D eigenvalue weighted by Crippen LogP contribution is 2.14. The van der Waals surface area contributed by atoms with E-state index in [0.717, 1.165) is 34.8 Å². The first kappa shape index (κ1) is 16.8. The zero-order chi connectivity index (χ0) is 15.9. The van der Waals surface area contributed by atoms with E-state index in [-0.39, 0.29) is 5.91 Å². The quantitative estimate of drug-likeness (QED) is 0.844. The molecule has 0 bridgehead atoms. The lowest BCUT2D eigenvalue weighted by Gasteiger charge is -2.06. The van der Waals surface area contributed by atoms with E-state index in [1.54, 1.807) is 17.6 Å². The van der Waals surface area contributed by atoms with E-state index in [4.69, 9.17) is 0 Å². The Hall–Kier alpha value is -1.53. The molecule has 2 rings (SSSR count). The van der Waals surface area contributed by atoms with Crippen LogP contribution in [0.2, 0.25) is 0 Å². The van der Waals surface area contributed by atoms with Gasteiger partial charge in [-0.1, -0.05) is 12.1 Å². The third-order valence-corrected chi connectivity index (χ3v) is 4.81. The van der Waals surface area contributed by atoms with Crippen LogP contribution in [0.5, 0.6) is 0 Å². The van der Waals surface area contributed by atoms with Gasteiger partial charge in [0.25, 0.3) is 0 Å². The summed E-state index contributed by atoms with van der Waals surface area (Å²) in [6.07, 6.45) is 3.77. The Bertz CT molecular complexity index is 668. The van der Waals surface area contributed by atoms with Gasteiger partial charge >= 0.3 is 0 Å². The number of anilines is 1. The molecule has 118 valence electrons. The number of amides is 1. The second-order valence-electron chi connectivity index (χ2n) is 5.20. The van der Waals surface area contributed by atoms with E-state index in [9.17, 15) is 9.00 Å². The van der Waals surface area contributed by atoms with Crippen molar-refractivity contribution in [3.63, 3.8) is 0 Å². The highest BCUT2D eigenvalue weighted by Gasteiger charge is 2.05. The summed E-state index contributed by atoms with van der Waals surface area (Å²) in [5.74, 6) is 0.510. The maximum atomic E-state index is 12.0. The van der Waals surface area contributed by atoms with E-state index in [1.165, 1.54) is 0 Å². The van der Waals surface area contributed by atoms with Gasteiger partial charge < -0.3 is 5.32 Å². The Morgan fingerprint density at radius 2 is 2.23 bits per heavy atom. The van der Waals surface area contributed by atoms with Crippen LogP contribution < -0.4 is 5.32 Å². The van der Waals surface area contributed by atoms with Crippen LogP contribution in [0.25, 0.3) is 0 Å². The lowest BCUT2D eigenvalue weighted by molar-refractivity contribution is -0.116. The molecule has 0 spiro atoms. The van der Waals surface area contributed by atoms with Crippen LogP contribution in [0.3, 0.4) is 0 Å². The van der Waals surface area contributed by atoms with Gasteiger partial charge in [-0.3, -0.25) is 9.00 Å². The number of carbonyl (C=O) groups excluding carboxylic acids is 1. The highest BCUT2D eigenvalue weighted by atomic mass is 32.2. The van der Waals surface area contributed by atoms with Crippen molar-refractivity contribution in [2.45, 2.75) is 31.9 Å². The Kier molecular flexibility index (Phi) is 6.27. The van der Waals surface area contributed by atoms with Crippen molar-refractivity contribution in [1.82, 2.24) is 4.98 Å². The monoisotopic (exact) mass is 336 g/mol. The predicted molar refractivity (Wildman–Crippen MR) is 92.6 cm³/mol. The van der Waals surface area contributed by atoms with Gasteiger partial charge in [0, 0.05) is 46.0 Å². The average molecular weight is 336 g/mol. The molecule has 1 atom stereocenters. The van der Waals surface area contributed by atoms with Gasteiger partial charge in [-0.25, -0.2) is 4.98 Å². The van der Waals surface area contributed by atoms with E-state index in [0.29, 0.717) is 12.2 Å². The van der Waals surface area contributed by atoms with Crippen molar-refractivity contribution in [2.75, 3.05) is 11.6 Å². The minimum absolute atomic E-state index is 0.00282. The van der Waals surface area contributed by atoms with Crippen LogP contribution >= 0.6 is 11.3 Å². The summed E-state index contributed by atoms with van der Waals surface area (Å²) < 4.78 is 11.2. The fourth-order valence-electron chi connectivity index (χ4n) is 2.11. The Morgan fingerprint density at radius 1 is 1.41 bits per heavy atom. The van der Waals surface area contributed by atoms with Crippen molar-refractivity contribution in [1.29, 1.82) is 0 Å². The van der Waals surface area contributed by atoms with Crippen molar-refractivity contribution in [3.8, 4) is 0 Å². The van der Waals surface area contributed by atoms with Crippen LogP contribution in [-0.2, 0) is 27.8 Å². The molecule has 2 aromatic rings. The predicted octanol–water partition coefficient (Wildman–Crippen LogP) is 3.29. The standard InChI is InChI=1S/C16H20N2O2S2/c1-12-10-21-16(17-12)8-4-7-15(19)18-14-6-3-5-13(9-14)11-22(2)20/h3,5-6,9-10H,4,7-8,11H2,1-2H3,(H,18,19). The van der Waals surface area contributed by atoms with Crippen LogP contribution in [0.1, 0.15) is 29.1 Å². The van der Waals surface area contributed by atoms with Crippen molar-refractivity contribution in [2.24, 2.45) is 0 Å². The fraction of sp³-hybridized carbons (Fsp3) is 0.375. The topological polar surface area (TPSA) is 59.1 Å². The van der Waals surface area contributed by atoms with Gasteiger partial charge in [-0.15, -0.1) is 11.3 Å². The number of thiazole rings is 1. The summed E-state index contributed by atoms with van der Waals surface area (Å²) >= 11 is 1.64. The molecular formula is C16H20N2O2S2. The molecule has 0 aliphatic heterocycles. The van der Waals surface area contributed by atoms with Gasteiger partial charge in [-0.05, 0) is 37.5 Å². The Morgan fingerprint density at radius 3 is 2.91 bits per heavy atom. The molecule has 6 heteroatoms. The number of hydrogen-bond acceptors (Lipinski definition) is 4. The van der Waals surface area contributed by atoms with Crippen molar-refractivity contribution < 1.29 is 9.00 Å². The molecule has 4 nitrogen and oxygen atoms in total. The largest absolute Gasteiger partial charge is 0.326 e. The van der Waals surface area contributed by atoms with E-state index in [1.807, 2.05) is 36.6 Å². The molecule has 0 aliphatic carbocycles. The summed E-state index contributed by atoms with van der Waals surface area (Å²) in [4.78, 5) is 16.3. The maximum absolute atomic E-state index is 12.0. The molecular weight excluding hydrogens is 316 g/mol. The number of hydrogen-bond donors (Lipinski definition) is 1. The van der Waals surface area contributed by atoms with Gasteiger partial charge in [0.15, 0.2) is 0 Å².